The zero-order valence-corrected chi connectivity index (χ0v) is 10.8. The zero-order chi connectivity index (χ0) is 13.4. The van der Waals surface area contributed by atoms with Gasteiger partial charge in [0.2, 0.25) is 0 Å². The van der Waals surface area contributed by atoms with Gasteiger partial charge in [-0.05, 0) is 30.9 Å². The van der Waals surface area contributed by atoms with E-state index in [0.717, 1.165) is 30.5 Å². The minimum atomic E-state index is -0.338. The van der Waals surface area contributed by atoms with Crippen molar-refractivity contribution in [3.63, 3.8) is 0 Å². The highest BCUT2D eigenvalue weighted by atomic mass is 35.5. The number of halogens is 2. The van der Waals surface area contributed by atoms with Gasteiger partial charge in [0.25, 0.3) is 0 Å². The molecule has 1 aliphatic carbocycles. The van der Waals surface area contributed by atoms with E-state index in [9.17, 15) is 9.65 Å². The lowest BCUT2D eigenvalue weighted by Gasteiger charge is -2.12. The molecule has 19 heavy (non-hydrogen) atoms. The smallest absolute Gasteiger partial charge is 0.147 e. The maximum atomic E-state index is 14.0. The second kappa shape index (κ2) is 4.64. The predicted octanol–water partition coefficient (Wildman–Crippen LogP) is 3.90. The van der Waals surface area contributed by atoms with Crippen LogP contribution in [0.25, 0.3) is 11.1 Å². The first-order valence-electron chi connectivity index (χ1n) is 6.08. The fourth-order valence-corrected chi connectivity index (χ4v) is 2.85. The lowest BCUT2D eigenvalue weighted by atomic mass is 9.95. The van der Waals surface area contributed by atoms with Gasteiger partial charge in [-0.3, -0.25) is 0 Å². The molecule has 0 spiro atoms. The van der Waals surface area contributed by atoms with Gasteiger partial charge in [-0.15, -0.1) is 0 Å². The van der Waals surface area contributed by atoms with Crippen LogP contribution in [0.4, 0.5) is 4.39 Å². The topological polar surface area (TPSA) is 36.7 Å². The summed E-state index contributed by atoms with van der Waals surface area (Å²) in [5, 5.41) is 9.45. The Morgan fingerprint density at radius 1 is 1.26 bits per heavy atom. The summed E-state index contributed by atoms with van der Waals surface area (Å²) in [4.78, 5) is 4.26. The Balaban J connectivity index is 2.38. The molecule has 3 rings (SSSR count). The number of aryl methyl sites for hydroxylation is 1. The van der Waals surface area contributed by atoms with Crippen LogP contribution in [-0.2, 0) is 12.8 Å². The van der Waals surface area contributed by atoms with Crippen LogP contribution in [-0.4, -0.2) is 4.98 Å². The van der Waals surface area contributed by atoms with E-state index in [1.807, 2.05) is 0 Å². The standard InChI is InChI=1S/C15H10ClFN2/c16-15-11(8-18)14(9-4-1-2-6-12(9)17)10-5-3-7-13(10)19-15/h1-2,4,6H,3,5,7H2. The molecule has 0 saturated carbocycles. The Bertz CT molecular complexity index is 703. The minimum Gasteiger partial charge on any atom is -0.239 e. The Hall–Kier alpha value is -1.92. The molecule has 0 radical (unpaired) electrons. The number of aromatic nitrogens is 1. The van der Waals surface area contributed by atoms with Gasteiger partial charge in [0.05, 0.1) is 5.56 Å². The van der Waals surface area contributed by atoms with Crippen LogP contribution in [0.5, 0.6) is 0 Å². The maximum Gasteiger partial charge on any atom is 0.147 e. The van der Waals surface area contributed by atoms with Crippen LogP contribution in [0.1, 0.15) is 23.2 Å². The molecule has 0 fully saturated rings. The molecule has 0 unspecified atom stereocenters. The second-order valence-corrected chi connectivity index (χ2v) is 4.88. The summed E-state index contributed by atoms with van der Waals surface area (Å²) in [6, 6.07) is 8.53. The zero-order valence-electron chi connectivity index (χ0n) is 10.1. The van der Waals surface area contributed by atoms with Gasteiger partial charge in [0.1, 0.15) is 17.0 Å². The fraction of sp³-hybridized carbons (Fsp3) is 0.200. The summed E-state index contributed by atoms with van der Waals surface area (Å²) in [5.41, 5.74) is 3.18. The van der Waals surface area contributed by atoms with Gasteiger partial charge >= 0.3 is 0 Å². The minimum absolute atomic E-state index is 0.168. The summed E-state index contributed by atoms with van der Waals surface area (Å²) in [5.74, 6) is -0.338. The fourth-order valence-electron chi connectivity index (χ4n) is 2.61. The molecule has 0 bridgehead atoms. The van der Waals surface area contributed by atoms with Crippen LogP contribution in [0.3, 0.4) is 0 Å². The molecule has 1 heterocycles. The molecule has 0 saturated heterocycles. The molecule has 0 amide bonds. The van der Waals surface area contributed by atoms with Crippen molar-refractivity contribution in [2.45, 2.75) is 19.3 Å². The molecule has 0 N–H and O–H groups in total. The lowest BCUT2D eigenvalue weighted by molar-refractivity contribution is 0.631. The summed E-state index contributed by atoms with van der Waals surface area (Å²) >= 11 is 6.06. The number of pyridine rings is 1. The van der Waals surface area contributed by atoms with Crippen LogP contribution >= 0.6 is 11.6 Å². The largest absolute Gasteiger partial charge is 0.239 e. The summed E-state index contributed by atoms with van der Waals surface area (Å²) in [6.07, 6.45) is 2.62. The molecule has 0 aliphatic heterocycles. The summed E-state index contributed by atoms with van der Waals surface area (Å²) < 4.78 is 14.0. The normalized spacial score (nSPS) is 13.1. The van der Waals surface area contributed by atoms with E-state index in [2.05, 4.69) is 11.1 Å². The Labute approximate surface area is 115 Å². The Kier molecular flexibility index (Phi) is 2.96. The highest BCUT2D eigenvalue weighted by Crippen LogP contribution is 2.37. The van der Waals surface area contributed by atoms with Gasteiger partial charge in [0, 0.05) is 16.8 Å². The number of rotatable bonds is 1. The number of nitriles is 1. The Morgan fingerprint density at radius 3 is 2.79 bits per heavy atom. The van der Waals surface area contributed by atoms with E-state index < -0.39 is 0 Å². The predicted molar refractivity (Wildman–Crippen MR) is 71.4 cm³/mol. The van der Waals surface area contributed by atoms with Crippen LogP contribution < -0.4 is 0 Å². The van der Waals surface area contributed by atoms with Crippen molar-refractivity contribution >= 4 is 11.6 Å². The maximum absolute atomic E-state index is 14.0. The molecule has 2 aromatic rings. The van der Waals surface area contributed by atoms with Gasteiger partial charge in [-0.2, -0.15) is 5.26 Å². The van der Waals surface area contributed by atoms with Crippen molar-refractivity contribution < 1.29 is 4.39 Å². The molecule has 94 valence electrons. The lowest BCUT2D eigenvalue weighted by Crippen LogP contribution is -1.99. The number of fused-ring (bicyclic) bond motifs is 1. The van der Waals surface area contributed by atoms with E-state index >= 15 is 0 Å². The first-order valence-corrected chi connectivity index (χ1v) is 6.46. The van der Waals surface area contributed by atoms with Gasteiger partial charge in [-0.25, -0.2) is 9.37 Å². The van der Waals surface area contributed by atoms with Crippen molar-refractivity contribution in [1.82, 2.24) is 4.98 Å². The molecule has 4 heteroatoms. The van der Waals surface area contributed by atoms with Gasteiger partial charge in [0.15, 0.2) is 0 Å². The number of hydrogen-bond donors (Lipinski definition) is 0. The van der Waals surface area contributed by atoms with Crippen molar-refractivity contribution in [2.75, 3.05) is 0 Å². The monoisotopic (exact) mass is 272 g/mol. The third-order valence-corrected chi connectivity index (χ3v) is 3.71. The third kappa shape index (κ3) is 1.89. The van der Waals surface area contributed by atoms with Crippen LogP contribution in [0, 0.1) is 17.1 Å². The van der Waals surface area contributed by atoms with E-state index in [1.54, 1.807) is 18.2 Å². The van der Waals surface area contributed by atoms with Crippen molar-refractivity contribution in [2.24, 2.45) is 0 Å². The summed E-state index contributed by atoms with van der Waals surface area (Å²) in [7, 11) is 0. The van der Waals surface area contributed by atoms with Gasteiger partial charge in [-0.1, -0.05) is 29.8 Å². The average Bonchev–Trinajstić information content (AvgIpc) is 2.85. The van der Waals surface area contributed by atoms with Crippen molar-refractivity contribution in [3.05, 3.63) is 52.1 Å². The van der Waals surface area contributed by atoms with E-state index in [0.29, 0.717) is 11.1 Å². The molecule has 1 aromatic heterocycles. The molecule has 0 atom stereocenters. The molecular weight excluding hydrogens is 263 g/mol. The highest BCUT2D eigenvalue weighted by molar-refractivity contribution is 6.31. The van der Waals surface area contributed by atoms with Crippen LogP contribution in [0.15, 0.2) is 24.3 Å². The number of hydrogen-bond acceptors (Lipinski definition) is 2. The van der Waals surface area contributed by atoms with E-state index in [4.69, 9.17) is 11.6 Å². The highest BCUT2D eigenvalue weighted by Gasteiger charge is 2.24. The van der Waals surface area contributed by atoms with Gasteiger partial charge < -0.3 is 0 Å². The molecule has 2 nitrogen and oxygen atoms in total. The number of nitrogens with zero attached hydrogens (tertiary/aromatic N) is 2. The first kappa shape index (κ1) is 12.1. The van der Waals surface area contributed by atoms with E-state index in [1.165, 1.54) is 6.07 Å². The Morgan fingerprint density at radius 2 is 2.05 bits per heavy atom. The van der Waals surface area contributed by atoms with Crippen molar-refractivity contribution in [3.8, 4) is 17.2 Å². The van der Waals surface area contributed by atoms with E-state index in [-0.39, 0.29) is 16.5 Å². The molecular formula is C15H10ClFN2. The molecule has 1 aromatic carbocycles. The van der Waals surface area contributed by atoms with Crippen molar-refractivity contribution in [1.29, 1.82) is 5.26 Å². The SMILES string of the molecule is N#Cc1c(Cl)nc2c(c1-c1ccccc1F)CCC2. The molecule has 1 aliphatic rings. The first-order chi connectivity index (χ1) is 9.22. The second-order valence-electron chi connectivity index (χ2n) is 4.52. The third-order valence-electron chi connectivity index (χ3n) is 3.43. The summed E-state index contributed by atoms with van der Waals surface area (Å²) in [6.45, 7) is 0. The van der Waals surface area contributed by atoms with Crippen LogP contribution in [0.2, 0.25) is 5.15 Å². The number of benzene rings is 1. The average molecular weight is 273 g/mol. The quantitative estimate of drug-likeness (QED) is 0.738.